The molecule has 0 fully saturated rings. The maximum Gasteiger partial charge on any atom is 0.392 e. The Hall–Kier alpha value is -1.29. The predicted octanol–water partition coefficient (Wildman–Crippen LogP) is 2.04. The van der Waals surface area contributed by atoms with Crippen molar-refractivity contribution >= 4 is 25.5 Å². The van der Waals surface area contributed by atoms with Crippen LogP contribution in [0.4, 0.5) is 18.9 Å². The maximum atomic E-state index is 12.9. The first-order valence-corrected chi connectivity index (χ1v) is 9.90. The Labute approximate surface area is 127 Å². The number of hydrogen-bond acceptors (Lipinski definition) is 4. The maximum absolute atomic E-state index is 12.9. The van der Waals surface area contributed by atoms with Crippen molar-refractivity contribution in [3.05, 3.63) is 30.3 Å². The van der Waals surface area contributed by atoms with Gasteiger partial charge in [0.1, 0.15) is 9.84 Å². The van der Waals surface area contributed by atoms with Gasteiger partial charge in [-0.1, -0.05) is 18.2 Å². The zero-order chi connectivity index (χ0) is 17.0. The van der Waals surface area contributed by atoms with E-state index >= 15 is 0 Å². The van der Waals surface area contributed by atoms with Gasteiger partial charge in [0.05, 0.1) is 17.4 Å². The number of para-hydroxylation sites is 1. The Bertz CT molecular complexity index is 685. The van der Waals surface area contributed by atoms with Crippen LogP contribution in [0.15, 0.2) is 30.3 Å². The van der Waals surface area contributed by atoms with E-state index < -0.39 is 49.9 Å². The van der Waals surface area contributed by atoms with Crippen molar-refractivity contribution in [2.45, 2.75) is 12.6 Å². The third-order valence-corrected chi connectivity index (χ3v) is 5.13. The zero-order valence-electron chi connectivity index (χ0n) is 11.7. The molecule has 126 valence electrons. The van der Waals surface area contributed by atoms with Crippen LogP contribution in [0.25, 0.3) is 0 Å². The molecule has 0 heterocycles. The molecule has 0 saturated carbocycles. The van der Waals surface area contributed by atoms with E-state index in [9.17, 15) is 30.0 Å². The summed E-state index contributed by atoms with van der Waals surface area (Å²) in [7, 11) is -7.86. The topological polar surface area (TPSA) is 80.3 Å². The monoisotopic (exact) mass is 359 g/mol. The van der Waals surface area contributed by atoms with Crippen LogP contribution in [0.5, 0.6) is 0 Å². The first-order chi connectivity index (χ1) is 9.89. The average Bonchev–Trinajstić information content (AvgIpc) is 2.32. The van der Waals surface area contributed by atoms with Crippen LogP contribution in [-0.4, -0.2) is 40.8 Å². The van der Waals surface area contributed by atoms with Gasteiger partial charge in [-0.25, -0.2) is 16.8 Å². The van der Waals surface area contributed by atoms with Crippen LogP contribution in [0, 0.1) is 5.92 Å². The first kappa shape index (κ1) is 18.8. The number of nitrogens with one attached hydrogen (secondary N) is 1. The summed E-state index contributed by atoms with van der Waals surface area (Å²) >= 11 is 0. The highest BCUT2D eigenvalue weighted by Gasteiger charge is 2.42. The van der Waals surface area contributed by atoms with Gasteiger partial charge < -0.3 is 0 Å². The van der Waals surface area contributed by atoms with E-state index in [4.69, 9.17) is 0 Å². The summed E-state index contributed by atoms with van der Waals surface area (Å²) in [6.07, 6.45) is -4.79. The summed E-state index contributed by atoms with van der Waals surface area (Å²) in [5.74, 6) is -4.19. The molecule has 1 aromatic rings. The molecule has 1 N–H and O–H groups in total. The molecule has 10 heteroatoms. The SMILES string of the molecule is CS(=O)(=O)CCC(CS(=O)(=O)Nc1ccccc1)C(F)(F)F. The quantitative estimate of drug-likeness (QED) is 0.808. The second-order valence-electron chi connectivity index (χ2n) is 4.91. The molecule has 0 spiro atoms. The summed E-state index contributed by atoms with van der Waals surface area (Å²) in [6, 6.07) is 7.49. The molecule has 0 bridgehead atoms. The van der Waals surface area contributed by atoms with Crippen LogP contribution in [0.3, 0.4) is 0 Å². The summed E-state index contributed by atoms with van der Waals surface area (Å²) in [5.41, 5.74) is 0.145. The largest absolute Gasteiger partial charge is 0.392 e. The lowest BCUT2D eigenvalue weighted by Gasteiger charge is -2.20. The zero-order valence-corrected chi connectivity index (χ0v) is 13.3. The van der Waals surface area contributed by atoms with Gasteiger partial charge in [0.2, 0.25) is 10.0 Å². The van der Waals surface area contributed by atoms with E-state index in [2.05, 4.69) is 0 Å². The van der Waals surface area contributed by atoms with Gasteiger partial charge in [-0.05, 0) is 18.6 Å². The van der Waals surface area contributed by atoms with Gasteiger partial charge in [-0.15, -0.1) is 0 Å². The van der Waals surface area contributed by atoms with Gasteiger partial charge in [-0.3, -0.25) is 4.72 Å². The Morgan fingerprint density at radius 3 is 2.09 bits per heavy atom. The number of benzene rings is 1. The van der Waals surface area contributed by atoms with E-state index in [1.54, 1.807) is 6.07 Å². The van der Waals surface area contributed by atoms with E-state index in [1.165, 1.54) is 24.3 Å². The molecule has 1 rings (SSSR count). The lowest BCUT2D eigenvalue weighted by molar-refractivity contribution is -0.168. The molecule has 22 heavy (non-hydrogen) atoms. The van der Waals surface area contributed by atoms with Crippen molar-refractivity contribution < 1.29 is 30.0 Å². The standard InChI is InChI=1S/C12H16F3NO4S2/c1-21(17,18)8-7-10(12(13,14)15)9-22(19,20)16-11-5-3-2-4-6-11/h2-6,10,16H,7-9H2,1H3. The van der Waals surface area contributed by atoms with Crippen molar-refractivity contribution in [1.82, 2.24) is 0 Å². The number of rotatable bonds is 7. The molecule has 0 radical (unpaired) electrons. The second-order valence-corrected chi connectivity index (χ2v) is 8.93. The molecule has 0 aliphatic carbocycles. The highest BCUT2D eigenvalue weighted by molar-refractivity contribution is 7.92. The van der Waals surface area contributed by atoms with Crippen LogP contribution >= 0.6 is 0 Å². The highest BCUT2D eigenvalue weighted by Crippen LogP contribution is 2.30. The fourth-order valence-electron chi connectivity index (χ4n) is 1.69. The molecule has 1 atom stereocenters. The first-order valence-electron chi connectivity index (χ1n) is 6.19. The minimum atomic E-state index is -4.80. The van der Waals surface area contributed by atoms with Crippen molar-refractivity contribution in [2.75, 3.05) is 22.5 Å². The normalized spacial score (nSPS) is 14.5. The minimum Gasteiger partial charge on any atom is -0.284 e. The number of sulfonamides is 1. The van der Waals surface area contributed by atoms with Crippen molar-refractivity contribution in [3.8, 4) is 0 Å². The minimum absolute atomic E-state index is 0.145. The summed E-state index contributed by atoms with van der Waals surface area (Å²) < 4.78 is 86.3. The smallest absolute Gasteiger partial charge is 0.284 e. The number of sulfone groups is 1. The Morgan fingerprint density at radius 2 is 1.64 bits per heavy atom. The number of alkyl halides is 3. The Balaban J connectivity index is 2.84. The van der Waals surface area contributed by atoms with Crippen LogP contribution in [0.1, 0.15) is 6.42 Å². The van der Waals surface area contributed by atoms with Crippen LogP contribution < -0.4 is 4.72 Å². The van der Waals surface area contributed by atoms with Crippen LogP contribution in [0.2, 0.25) is 0 Å². The van der Waals surface area contributed by atoms with Gasteiger partial charge in [0, 0.05) is 11.9 Å². The lowest BCUT2D eigenvalue weighted by Crippen LogP contribution is -2.34. The van der Waals surface area contributed by atoms with E-state index in [0.29, 0.717) is 0 Å². The predicted molar refractivity (Wildman–Crippen MR) is 77.7 cm³/mol. The fraction of sp³-hybridized carbons (Fsp3) is 0.500. The van der Waals surface area contributed by atoms with Crippen molar-refractivity contribution in [3.63, 3.8) is 0 Å². The van der Waals surface area contributed by atoms with E-state index in [1.807, 2.05) is 4.72 Å². The fourth-order valence-corrected chi connectivity index (χ4v) is 3.87. The molecule has 0 aliphatic rings. The van der Waals surface area contributed by atoms with Crippen molar-refractivity contribution in [2.24, 2.45) is 5.92 Å². The van der Waals surface area contributed by atoms with Gasteiger partial charge in [0.15, 0.2) is 0 Å². The van der Waals surface area contributed by atoms with Gasteiger partial charge >= 0.3 is 6.18 Å². The number of hydrogen-bond donors (Lipinski definition) is 1. The average molecular weight is 359 g/mol. The Kier molecular flexibility index (Phi) is 5.85. The summed E-state index contributed by atoms with van der Waals surface area (Å²) in [5, 5.41) is 0. The molecule has 1 aromatic carbocycles. The van der Waals surface area contributed by atoms with Crippen molar-refractivity contribution in [1.29, 1.82) is 0 Å². The van der Waals surface area contributed by atoms with E-state index in [0.717, 1.165) is 6.26 Å². The number of halogens is 3. The van der Waals surface area contributed by atoms with Crippen LogP contribution in [-0.2, 0) is 19.9 Å². The third kappa shape index (κ3) is 7.12. The second kappa shape index (κ2) is 6.86. The highest BCUT2D eigenvalue weighted by atomic mass is 32.2. The summed E-state index contributed by atoms with van der Waals surface area (Å²) in [6.45, 7) is 0. The molecular weight excluding hydrogens is 343 g/mol. The Morgan fingerprint density at radius 1 is 1.09 bits per heavy atom. The van der Waals surface area contributed by atoms with E-state index in [-0.39, 0.29) is 5.69 Å². The molecule has 0 saturated heterocycles. The van der Waals surface area contributed by atoms with Gasteiger partial charge in [-0.2, -0.15) is 13.2 Å². The molecule has 0 amide bonds. The lowest BCUT2D eigenvalue weighted by atomic mass is 10.1. The molecular formula is C12H16F3NO4S2. The molecule has 1 unspecified atom stereocenters. The molecule has 0 aliphatic heterocycles. The number of anilines is 1. The molecule has 5 nitrogen and oxygen atoms in total. The summed E-state index contributed by atoms with van der Waals surface area (Å²) in [4.78, 5) is 0. The molecule has 0 aromatic heterocycles. The van der Waals surface area contributed by atoms with Gasteiger partial charge in [0.25, 0.3) is 0 Å². The third-order valence-electron chi connectivity index (χ3n) is 2.77.